The van der Waals surface area contributed by atoms with Crippen LogP contribution in [0.1, 0.15) is 28.8 Å². The maximum Gasteiger partial charge on any atom is 0.422 e. The number of halogens is 8. The number of amides is 2. The lowest BCUT2D eigenvalue weighted by Gasteiger charge is -2.31. The van der Waals surface area contributed by atoms with Crippen LogP contribution in [0.2, 0.25) is 0 Å². The summed E-state index contributed by atoms with van der Waals surface area (Å²) in [4.78, 5) is 30.5. The molecule has 1 aliphatic heterocycles. The molecule has 2 atom stereocenters. The number of carbonyl (C=O) groups excluding carboxylic acids is 2. The number of aromatic nitrogens is 3. The number of rotatable bonds is 6. The normalized spacial score (nSPS) is 22.7. The average molecular weight is 606 g/mol. The first-order valence-corrected chi connectivity index (χ1v) is 12.5. The molecule has 0 spiro atoms. The molecule has 1 saturated heterocycles. The smallest absolute Gasteiger partial charge is 0.422 e. The van der Waals surface area contributed by atoms with Crippen molar-refractivity contribution in [2.24, 2.45) is 5.92 Å². The van der Waals surface area contributed by atoms with E-state index in [1.54, 1.807) is 0 Å². The fourth-order valence-corrected chi connectivity index (χ4v) is 4.98. The van der Waals surface area contributed by atoms with Gasteiger partial charge in [-0.25, -0.2) is 18.3 Å². The Morgan fingerprint density at radius 3 is 2.43 bits per heavy atom. The van der Waals surface area contributed by atoms with Crippen LogP contribution < -0.4 is 15.8 Å². The third-order valence-electron chi connectivity index (χ3n) is 7.11. The van der Waals surface area contributed by atoms with Crippen molar-refractivity contribution >= 4 is 23.1 Å². The van der Waals surface area contributed by atoms with Gasteiger partial charge in [0.05, 0.1) is 29.4 Å². The third-order valence-corrected chi connectivity index (χ3v) is 7.11. The number of nitrogens with two attached hydrogens (primary N) is 1. The number of likely N-dealkylation sites (tertiary alicyclic amines) is 1. The third kappa shape index (κ3) is 5.76. The SMILES string of the molecule is Nc1ncnn2c(-c3ccc(OCC(F)(F)F)c(C(=O)N[C@@H]4CN(C(=O)C5CC(F)C5)C[C@@H]4F)c3)cc(C(F)(F)F)c12. The highest BCUT2D eigenvalue weighted by molar-refractivity contribution is 5.98. The van der Waals surface area contributed by atoms with Gasteiger partial charge >= 0.3 is 12.4 Å². The molecule has 2 aromatic heterocycles. The number of nitrogen functional groups attached to an aromatic ring is 1. The molecule has 2 fully saturated rings. The van der Waals surface area contributed by atoms with Crippen molar-refractivity contribution in [1.82, 2.24) is 24.8 Å². The maximum absolute atomic E-state index is 14.8. The summed E-state index contributed by atoms with van der Waals surface area (Å²) < 4.78 is 114. The lowest BCUT2D eigenvalue weighted by Crippen LogP contribution is -2.44. The zero-order valence-electron chi connectivity index (χ0n) is 21.3. The molecule has 1 aromatic carbocycles. The van der Waals surface area contributed by atoms with Gasteiger partial charge in [0.25, 0.3) is 5.91 Å². The van der Waals surface area contributed by atoms with Crippen molar-refractivity contribution in [3.63, 3.8) is 0 Å². The van der Waals surface area contributed by atoms with Crippen LogP contribution in [0.4, 0.5) is 40.9 Å². The van der Waals surface area contributed by atoms with Crippen molar-refractivity contribution in [3.05, 3.63) is 41.7 Å². The minimum Gasteiger partial charge on any atom is -0.483 e. The van der Waals surface area contributed by atoms with Crippen LogP contribution in [-0.2, 0) is 11.0 Å². The fraction of sp³-hybridized carbons (Fsp3) is 0.440. The van der Waals surface area contributed by atoms with E-state index in [1.807, 2.05) is 0 Å². The minimum atomic E-state index is -4.88. The second-order valence-corrected chi connectivity index (χ2v) is 10.1. The lowest BCUT2D eigenvalue weighted by molar-refractivity contribution is -0.153. The van der Waals surface area contributed by atoms with E-state index in [0.29, 0.717) is 6.07 Å². The lowest BCUT2D eigenvalue weighted by atomic mass is 9.82. The van der Waals surface area contributed by atoms with Crippen LogP contribution in [0, 0.1) is 5.92 Å². The van der Waals surface area contributed by atoms with Crippen LogP contribution in [0.5, 0.6) is 5.75 Å². The molecule has 0 radical (unpaired) electrons. The topological polar surface area (TPSA) is 115 Å². The quantitative estimate of drug-likeness (QED) is 0.411. The molecule has 1 saturated carbocycles. The molecule has 9 nitrogen and oxygen atoms in total. The van der Waals surface area contributed by atoms with Crippen molar-refractivity contribution in [2.45, 2.75) is 43.6 Å². The summed E-state index contributed by atoms with van der Waals surface area (Å²) in [6, 6.07) is 2.47. The summed E-state index contributed by atoms with van der Waals surface area (Å²) in [6.45, 7) is -2.45. The Morgan fingerprint density at radius 2 is 1.79 bits per heavy atom. The van der Waals surface area contributed by atoms with Crippen LogP contribution in [-0.4, -0.2) is 75.6 Å². The summed E-state index contributed by atoms with van der Waals surface area (Å²) in [7, 11) is 0. The molecule has 2 aliphatic rings. The van der Waals surface area contributed by atoms with Crippen molar-refractivity contribution in [1.29, 1.82) is 0 Å². The molecule has 5 rings (SSSR count). The number of benzene rings is 1. The van der Waals surface area contributed by atoms with Gasteiger partial charge in [0, 0.05) is 18.0 Å². The molecular weight excluding hydrogens is 584 g/mol. The number of carbonyl (C=O) groups is 2. The first kappa shape index (κ1) is 29.3. The maximum atomic E-state index is 14.8. The van der Waals surface area contributed by atoms with Crippen LogP contribution in [0.15, 0.2) is 30.6 Å². The molecular formula is C25H22F8N6O3. The molecule has 17 heteroatoms. The first-order valence-electron chi connectivity index (χ1n) is 12.5. The number of alkyl halides is 8. The Kier molecular flexibility index (Phi) is 7.39. The van der Waals surface area contributed by atoms with Crippen molar-refractivity contribution in [2.75, 3.05) is 25.4 Å². The Hall–Kier alpha value is -4.18. The standard InChI is InChI=1S/C25H22F8N6O3/c26-13-3-12(4-13)23(41)38-7-16(27)17(8-38)37-22(40)14-5-11(1-2-19(14)42-9-24(28,29)30)18-6-15(25(31,32)33)20-21(34)35-10-36-39(18)20/h1-2,5-6,10,12-13,16-17H,3-4,7-9H2,(H,37,40)(H2,34,35,36)/t12?,13?,16-,17+/m0/s1. The molecule has 1 aliphatic carbocycles. The van der Waals surface area contributed by atoms with Gasteiger partial charge in [-0.05, 0) is 37.1 Å². The molecule has 226 valence electrons. The molecule has 3 N–H and O–H groups in total. The van der Waals surface area contributed by atoms with Gasteiger partial charge < -0.3 is 20.7 Å². The molecule has 0 bridgehead atoms. The van der Waals surface area contributed by atoms with Crippen molar-refractivity contribution in [3.8, 4) is 17.0 Å². The highest BCUT2D eigenvalue weighted by atomic mass is 19.4. The van der Waals surface area contributed by atoms with Crippen LogP contribution in [0.25, 0.3) is 16.8 Å². The number of anilines is 1. The Balaban J connectivity index is 1.47. The Bertz CT molecular complexity index is 1520. The summed E-state index contributed by atoms with van der Waals surface area (Å²) in [5.41, 5.74) is 3.03. The molecule has 0 unspecified atom stereocenters. The predicted molar refractivity (Wildman–Crippen MR) is 130 cm³/mol. The summed E-state index contributed by atoms with van der Waals surface area (Å²) in [6.07, 6.45) is -11.6. The van der Waals surface area contributed by atoms with E-state index < -0.39 is 83.3 Å². The van der Waals surface area contributed by atoms with E-state index in [0.717, 1.165) is 33.9 Å². The van der Waals surface area contributed by atoms with E-state index in [-0.39, 0.29) is 37.2 Å². The van der Waals surface area contributed by atoms with Crippen molar-refractivity contribution < 1.29 is 49.4 Å². The van der Waals surface area contributed by atoms with E-state index >= 15 is 0 Å². The number of fused-ring (bicyclic) bond motifs is 1. The summed E-state index contributed by atoms with van der Waals surface area (Å²) in [5.74, 6) is -3.25. The zero-order valence-corrected chi connectivity index (χ0v) is 21.3. The number of nitrogens with zero attached hydrogens (tertiary/aromatic N) is 4. The van der Waals surface area contributed by atoms with E-state index in [2.05, 4.69) is 15.4 Å². The second-order valence-electron chi connectivity index (χ2n) is 10.1. The van der Waals surface area contributed by atoms with Gasteiger partial charge in [-0.1, -0.05) is 0 Å². The molecule has 42 heavy (non-hydrogen) atoms. The van der Waals surface area contributed by atoms with E-state index in [1.165, 1.54) is 0 Å². The van der Waals surface area contributed by atoms with E-state index in [9.17, 15) is 44.7 Å². The van der Waals surface area contributed by atoms with Gasteiger partial charge in [-0.15, -0.1) is 0 Å². The van der Waals surface area contributed by atoms with Gasteiger partial charge in [0.1, 0.15) is 29.9 Å². The first-order chi connectivity index (χ1) is 19.6. The molecule has 2 amide bonds. The van der Waals surface area contributed by atoms with Gasteiger partial charge in [0.2, 0.25) is 5.91 Å². The van der Waals surface area contributed by atoms with Crippen LogP contribution >= 0.6 is 0 Å². The largest absolute Gasteiger partial charge is 0.483 e. The van der Waals surface area contributed by atoms with Gasteiger partial charge in [0.15, 0.2) is 12.4 Å². The summed E-state index contributed by atoms with van der Waals surface area (Å²) >= 11 is 0. The monoisotopic (exact) mass is 606 g/mol. The molecule has 3 heterocycles. The number of ether oxygens (including phenoxy) is 1. The van der Waals surface area contributed by atoms with Gasteiger partial charge in [-0.3, -0.25) is 9.59 Å². The van der Waals surface area contributed by atoms with Crippen LogP contribution in [0.3, 0.4) is 0 Å². The fourth-order valence-electron chi connectivity index (χ4n) is 4.98. The highest BCUT2D eigenvalue weighted by Gasteiger charge is 2.43. The average Bonchev–Trinajstić information content (AvgIpc) is 3.46. The minimum absolute atomic E-state index is 0.0110. The Morgan fingerprint density at radius 1 is 1.07 bits per heavy atom. The predicted octanol–water partition coefficient (Wildman–Crippen LogP) is 3.97. The highest BCUT2D eigenvalue weighted by Crippen LogP contribution is 2.39. The number of hydrogen-bond donors (Lipinski definition) is 2. The van der Waals surface area contributed by atoms with Gasteiger partial charge in [-0.2, -0.15) is 31.4 Å². The van der Waals surface area contributed by atoms with E-state index in [4.69, 9.17) is 10.5 Å². The Labute approximate surface area is 231 Å². The zero-order chi connectivity index (χ0) is 30.6. The number of hydrogen-bond acceptors (Lipinski definition) is 6. The molecule has 3 aromatic rings. The summed E-state index contributed by atoms with van der Waals surface area (Å²) in [5, 5.41) is 6.13. The number of nitrogens with one attached hydrogen (secondary N) is 1. The second kappa shape index (κ2) is 10.6.